The second-order valence-corrected chi connectivity index (χ2v) is 11.1. The van der Waals surface area contributed by atoms with Crippen molar-refractivity contribution in [3.05, 3.63) is 112 Å². The fourth-order valence-corrected chi connectivity index (χ4v) is 5.76. The molecule has 0 saturated carbocycles. The van der Waals surface area contributed by atoms with E-state index in [4.69, 9.17) is 16.3 Å². The van der Waals surface area contributed by atoms with Gasteiger partial charge < -0.3 is 20.3 Å². The minimum Gasteiger partial charge on any atom is -0.378 e. The molecular weight excluding hydrogens is 576 g/mol. The topological polar surface area (TPSA) is 132 Å². The van der Waals surface area contributed by atoms with Crippen molar-refractivity contribution >= 4 is 39.8 Å². The number of ether oxygens (including phenoxy) is 1. The van der Waals surface area contributed by atoms with E-state index in [1.54, 1.807) is 30.5 Å². The Morgan fingerprint density at radius 1 is 1.11 bits per heavy atom. The molecule has 10 nitrogen and oxygen atoms in total. The number of nitrogens with one attached hydrogen (secondary N) is 3. The lowest BCUT2D eigenvalue weighted by molar-refractivity contribution is -0.0192. The molecule has 0 unspecified atom stereocenters. The number of halogens is 1. The zero-order valence-corrected chi connectivity index (χ0v) is 25.0. The number of H-pyrrole nitrogens is 1. The van der Waals surface area contributed by atoms with Gasteiger partial charge in [-0.1, -0.05) is 61.0 Å². The second-order valence-electron chi connectivity index (χ2n) is 10.7. The average molecular weight is 607 g/mol. The lowest BCUT2D eigenvalue weighted by Gasteiger charge is -2.38. The van der Waals surface area contributed by atoms with Crippen molar-refractivity contribution in [2.75, 3.05) is 30.8 Å². The van der Waals surface area contributed by atoms with Crippen LogP contribution in [-0.2, 0) is 4.74 Å². The molecule has 3 aromatic carbocycles. The molecule has 6 rings (SSSR count). The molecule has 0 radical (unpaired) electrons. The highest BCUT2D eigenvalue weighted by atomic mass is 35.5. The minimum absolute atomic E-state index is 0.0296. The summed E-state index contributed by atoms with van der Waals surface area (Å²) in [6.07, 6.45) is 4.06. The second kappa shape index (κ2) is 12.7. The molecule has 2 aromatic heterocycles. The van der Waals surface area contributed by atoms with Crippen LogP contribution in [-0.4, -0.2) is 57.5 Å². The largest absolute Gasteiger partial charge is 0.378 e. The van der Waals surface area contributed by atoms with Crippen molar-refractivity contribution in [3.8, 4) is 6.07 Å². The molecule has 1 amide bonds. The normalized spacial score (nSPS) is 14.5. The number of aromatic nitrogens is 4. The van der Waals surface area contributed by atoms with Gasteiger partial charge in [0.05, 0.1) is 46.2 Å². The van der Waals surface area contributed by atoms with Gasteiger partial charge in [0.2, 0.25) is 0 Å². The first-order valence-corrected chi connectivity index (χ1v) is 14.7. The molecular formula is C33H31ClN8O2. The van der Waals surface area contributed by atoms with Crippen molar-refractivity contribution in [1.82, 2.24) is 25.3 Å². The van der Waals surface area contributed by atoms with Crippen LogP contribution in [0.3, 0.4) is 0 Å². The summed E-state index contributed by atoms with van der Waals surface area (Å²) in [5.41, 5.74) is 5.48. The smallest absolute Gasteiger partial charge is 0.254 e. The number of likely N-dealkylation sites (tertiary alicyclic amines) is 1. The summed E-state index contributed by atoms with van der Waals surface area (Å²) in [6, 6.07) is 23.1. The fourth-order valence-electron chi connectivity index (χ4n) is 5.49. The van der Waals surface area contributed by atoms with Crippen LogP contribution in [0.15, 0.2) is 79.1 Å². The molecule has 3 N–H and O–H groups in total. The third-order valence-electron chi connectivity index (χ3n) is 7.95. The highest BCUT2D eigenvalue weighted by Crippen LogP contribution is 2.37. The van der Waals surface area contributed by atoms with Gasteiger partial charge in [0.15, 0.2) is 0 Å². The van der Waals surface area contributed by atoms with E-state index in [1.807, 2.05) is 48.5 Å². The van der Waals surface area contributed by atoms with Gasteiger partial charge in [0.1, 0.15) is 11.8 Å². The van der Waals surface area contributed by atoms with Crippen molar-refractivity contribution < 1.29 is 9.53 Å². The predicted octanol–water partition coefficient (Wildman–Crippen LogP) is 6.11. The van der Waals surface area contributed by atoms with Gasteiger partial charge in [-0.2, -0.15) is 20.7 Å². The fraction of sp³-hybridized carbons (Fsp3) is 0.242. The van der Waals surface area contributed by atoms with Crippen molar-refractivity contribution in [2.24, 2.45) is 0 Å². The number of carbonyl (C=O) groups excluding carboxylic acids is 1. The first-order valence-electron chi connectivity index (χ1n) is 14.4. The Hall–Kier alpha value is -4.98. The molecule has 1 saturated heterocycles. The summed E-state index contributed by atoms with van der Waals surface area (Å²) in [5, 5.41) is 29.4. The Bertz CT molecular complexity index is 1820. The molecule has 3 heterocycles. The third kappa shape index (κ3) is 5.80. The minimum atomic E-state index is -0.464. The quantitative estimate of drug-likeness (QED) is 0.173. The monoisotopic (exact) mass is 606 g/mol. The molecule has 11 heteroatoms. The number of methoxy groups -OCH3 is 1. The number of rotatable bonds is 10. The van der Waals surface area contributed by atoms with Gasteiger partial charge in [0.25, 0.3) is 5.91 Å². The maximum atomic E-state index is 13.2. The van der Waals surface area contributed by atoms with Crippen molar-refractivity contribution in [3.63, 3.8) is 0 Å². The number of aromatic amines is 1. The number of hydrogen-bond donors (Lipinski definition) is 3. The molecule has 0 aliphatic carbocycles. The molecule has 0 spiro atoms. The summed E-state index contributed by atoms with van der Waals surface area (Å²) < 4.78 is 5.33. The molecule has 5 aromatic rings. The van der Waals surface area contributed by atoms with Gasteiger partial charge in [-0.3, -0.25) is 9.78 Å². The average Bonchev–Trinajstić information content (AvgIpc) is 3.57. The zero-order chi connectivity index (χ0) is 30.6. The predicted molar refractivity (Wildman–Crippen MR) is 170 cm³/mol. The molecule has 2 atom stereocenters. The SMILES string of the molecule is CC[C@@H](Nc1c(C#N)cnc2c(Cl)cc(N[C@@H](c3cccc(C(=O)N4CC(OC)C4)c3)c3cn[nH]n3)cc12)c1ccccc1. The van der Waals surface area contributed by atoms with Crippen LogP contribution in [0.2, 0.25) is 5.02 Å². The maximum Gasteiger partial charge on any atom is 0.254 e. The third-order valence-corrected chi connectivity index (χ3v) is 8.24. The highest BCUT2D eigenvalue weighted by Gasteiger charge is 2.31. The van der Waals surface area contributed by atoms with Gasteiger partial charge in [0, 0.05) is 43.0 Å². The van der Waals surface area contributed by atoms with Crippen LogP contribution in [0.5, 0.6) is 0 Å². The zero-order valence-electron chi connectivity index (χ0n) is 24.3. The lowest BCUT2D eigenvalue weighted by atomic mass is 9.99. The van der Waals surface area contributed by atoms with Crippen LogP contribution in [0, 0.1) is 11.3 Å². The number of benzene rings is 3. The molecule has 1 aliphatic rings. The number of hydrogen-bond acceptors (Lipinski definition) is 8. The summed E-state index contributed by atoms with van der Waals surface area (Å²) >= 11 is 6.81. The Morgan fingerprint density at radius 2 is 1.91 bits per heavy atom. The maximum absolute atomic E-state index is 13.2. The van der Waals surface area contributed by atoms with Gasteiger partial charge >= 0.3 is 0 Å². The number of nitriles is 1. The van der Waals surface area contributed by atoms with Crippen LogP contribution in [0.4, 0.5) is 11.4 Å². The van der Waals surface area contributed by atoms with E-state index in [9.17, 15) is 10.1 Å². The summed E-state index contributed by atoms with van der Waals surface area (Å²) in [4.78, 5) is 19.5. The van der Waals surface area contributed by atoms with Crippen LogP contribution in [0.1, 0.15) is 58.2 Å². The Morgan fingerprint density at radius 3 is 2.61 bits per heavy atom. The standard InChI is InChI=1S/C33H31ClN8O2/c1-3-28(20-8-5-4-6-9-20)39-30-23(15-35)16-36-32-26(30)13-24(14-27(32)34)38-31(29-17-37-41-40-29)21-10-7-11-22(12-21)33(43)42-18-25(19-42)44-2/h4-14,16-17,25,28,31,38H,3,18-19H2,1-2H3,(H,36,39)(H,37,40,41)/t28-,31+/m1/s1. The van der Waals surface area contributed by atoms with E-state index >= 15 is 0 Å². The number of amides is 1. The highest BCUT2D eigenvalue weighted by molar-refractivity contribution is 6.35. The van der Waals surface area contributed by atoms with Crippen LogP contribution in [0.25, 0.3) is 10.9 Å². The molecule has 1 fully saturated rings. The van der Waals surface area contributed by atoms with Crippen LogP contribution >= 0.6 is 11.6 Å². The van der Waals surface area contributed by atoms with E-state index in [1.165, 1.54) is 0 Å². The van der Waals surface area contributed by atoms with Gasteiger partial charge in [-0.25, -0.2) is 0 Å². The van der Waals surface area contributed by atoms with Gasteiger partial charge in [-0.05, 0) is 41.8 Å². The Labute approximate surface area is 260 Å². The molecule has 222 valence electrons. The van der Waals surface area contributed by atoms with E-state index in [0.29, 0.717) is 57.2 Å². The Kier molecular flexibility index (Phi) is 8.41. The number of fused-ring (bicyclic) bond motifs is 1. The Balaban J connectivity index is 1.37. The first-order chi connectivity index (χ1) is 21.5. The summed E-state index contributed by atoms with van der Waals surface area (Å²) in [5.74, 6) is -0.0532. The summed E-state index contributed by atoms with van der Waals surface area (Å²) in [7, 11) is 1.65. The van der Waals surface area contributed by atoms with Crippen molar-refractivity contribution in [2.45, 2.75) is 31.5 Å². The van der Waals surface area contributed by atoms with Crippen LogP contribution < -0.4 is 10.6 Å². The molecule has 0 bridgehead atoms. The van der Waals surface area contributed by atoms with E-state index in [-0.39, 0.29) is 18.1 Å². The molecule has 1 aliphatic heterocycles. The van der Waals surface area contributed by atoms with Gasteiger partial charge in [-0.15, -0.1) is 0 Å². The molecule has 44 heavy (non-hydrogen) atoms. The number of pyridine rings is 1. The number of nitrogens with zero attached hydrogens (tertiary/aromatic N) is 5. The number of carbonyl (C=O) groups is 1. The van der Waals surface area contributed by atoms with Crippen molar-refractivity contribution in [1.29, 1.82) is 5.26 Å². The summed E-state index contributed by atoms with van der Waals surface area (Å²) in [6.45, 7) is 3.23. The van der Waals surface area contributed by atoms with E-state index in [0.717, 1.165) is 17.5 Å². The lowest BCUT2D eigenvalue weighted by Crippen LogP contribution is -2.54. The van der Waals surface area contributed by atoms with E-state index in [2.05, 4.69) is 56.2 Å². The van der Waals surface area contributed by atoms with E-state index < -0.39 is 6.04 Å². The number of anilines is 2. The first kappa shape index (κ1) is 29.1.